The molecule has 1 heterocycles. The second kappa shape index (κ2) is 7.13. The number of benzene rings is 1. The number of anilines is 1. The maximum atomic E-state index is 13.2. The SMILES string of the molecule is CC1CCN(c2ccc(C(=O)N(C3CC3)C(C)C3CC3)cc2[N+](=O)[O-])CC1. The standard InChI is InChI=1S/C21H29N3O3/c1-14-9-11-22(12-10-14)19-8-5-17(13-20(19)24(26)27)21(25)23(18-6-7-18)15(2)16-3-4-16/h5,8,13-16,18H,3-4,6-7,9-12H2,1-2H3. The van der Waals surface area contributed by atoms with Crippen LogP contribution in [-0.2, 0) is 0 Å². The zero-order valence-corrected chi connectivity index (χ0v) is 16.3. The molecule has 1 aromatic rings. The van der Waals surface area contributed by atoms with Crippen molar-refractivity contribution in [2.24, 2.45) is 11.8 Å². The van der Waals surface area contributed by atoms with Crippen molar-refractivity contribution in [2.45, 2.75) is 64.5 Å². The fourth-order valence-electron chi connectivity index (χ4n) is 4.31. The molecule has 2 aliphatic carbocycles. The fourth-order valence-corrected chi connectivity index (χ4v) is 4.31. The summed E-state index contributed by atoms with van der Waals surface area (Å²) in [5, 5.41) is 11.7. The predicted molar refractivity (Wildman–Crippen MR) is 105 cm³/mol. The summed E-state index contributed by atoms with van der Waals surface area (Å²) in [5.74, 6) is 1.22. The molecule has 0 aromatic heterocycles. The van der Waals surface area contributed by atoms with Gasteiger partial charge in [-0.1, -0.05) is 6.92 Å². The summed E-state index contributed by atoms with van der Waals surface area (Å²) in [4.78, 5) is 28.7. The summed E-state index contributed by atoms with van der Waals surface area (Å²) in [6, 6.07) is 5.62. The summed E-state index contributed by atoms with van der Waals surface area (Å²) in [5.41, 5.74) is 1.16. The van der Waals surface area contributed by atoms with Gasteiger partial charge in [0.25, 0.3) is 11.6 Å². The number of nitro benzene ring substituents is 1. The van der Waals surface area contributed by atoms with Gasteiger partial charge >= 0.3 is 0 Å². The Kier molecular flexibility index (Phi) is 4.82. The summed E-state index contributed by atoms with van der Waals surface area (Å²) in [7, 11) is 0. The second-order valence-corrected chi connectivity index (χ2v) is 8.65. The first-order valence-electron chi connectivity index (χ1n) is 10.3. The topological polar surface area (TPSA) is 66.7 Å². The lowest BCUT2D eigenvalue weighted by molar-refractivity contribution is -0.384. The monoisotopic (exact) mass is 371 g/mol. The highest BCUT2D eigenvalue weighted by molar-refractivity contribution is 5.96. The van der Waals surface area contributed by atoms with Gasteiger partial charge in [-0.15, -0.1) is 0 Å². The molecule has 1 aromatic carbocycles. The van der Waals surface area contributed by atoms with Crippen molar-refractivity contribution in [3.05, 3.63) is 33.9 Å². The van der Waals surface area contributed by atoms with Crippen molar-refractivity contribution < 1.29 is 9.72 Å². The Morgan fingerprint density at radius 2 is 1.85 bits per heavy atom. The van der Waals surface area contributed by atoms with Gasteiger partial charge in [-0.05, 0) is 69.4 Å². The Morgan fingerprint density at radius 1 is 1.19 bits per heavy atom. The van der Waals surface area contributed by atoms with Gasteiger partial charge in [0.15, 0.2) is 0 Å². The summed E-state index contributed by atoms with van der Waals surface area (Å²) >= 11 is 0. The van der Waals surface area contributed by atoms with Crippen molar-refractivity contribution in [3.63, 3.8) is 0 Å². The molecule has 3 aliphatic rings. The minimum atomic E-state index is -0.337. The van der Waals surface area contributed by atoms with Crippen LogP contribution >= 0.6 is 0 Å². The van der Waals surface area contributed by atoms with E-state index in [0.29, 0.717) is 29.1 Å². The van der Waals surface area contributed by atoms with Crippen molar-refractivity contribution in [1.82, 2.24) is 4.90 Å². The molecule has 146 valence electrons. The number of carbonyl (C=O) groups is 1. The van der Waals surface area contributed by atoms with E-state index >= 15 is 0 Å². The molecule has 0 spiro atoms. The fraction of sp³-hybridized carbons (Fsp3) is 0.667. The highest BCUT2D eigenvalue weighted by Gasteiger charge is 2.42. The van der Waals surface area contributed by atoms with E-state index in [1.807, 2.05) is 4.90 Å². The van der Waals surface area contributed by atoms with Crippen molar-refractivity contribution in [2.75, 3.05) is 18.0 Å². The molecule has 0 N–H and O–H groups in total. The number of amides is 1. The van der Waals surface area contributed by atoms with E-state index < -0.39 is 0 Å². The normalized spacial score (nSPS) is 21.8. The second-order valence-electron chi connectivity index (χ2n) is 8.65. The number of hydrogen-bond acceptors (Lipinski definition) is 4. The maximum absolute atomic E-state index is 13.2. The van der Waals surface area contributed by atoms with E-state index in [4.69, 9.17) is 0 Å². The molecule has 1 amide bonds. The predicted octanol–water partition coefficient (Wildman–Crippen LogP) is 4.23. The van der Waals surface area contributed by atoms with Gasteiger partial charge in [0.05, 0.1) is 4.92 Å². The Morgan fingerprint density at radius 3 is 2.41 bits per heavy atom. The molecular formula is C21H29N3O3. The summed E-state index contributed by atoms with van der Waals surface area (Å²) in [6.07, 6.45) is 6.57. The molecule has 3 fully saturated rings. The number of hydrogen-bond donors (Lipinski definition) is 0. The third kappa shape index (κ3) is 3.80. The molecular weight excluding hydrogens is 342 g/mol. The van der Waals surface area contributed by atoms with Crippen LogP contribution in [0.4, 0.5) is 11.4 Å². The molecule has 1 aliphatic heterocycles. The molecule has 1 saturated heterocycles. The first kappa shape index (κ1) is 18.3. The lowest BCUT2D eigenvalue weighted by Crippen LogP contribution is -2.41. The van der Waals surface area contributed by atoms with E-state index in [-0.39, 0.29) is 22.6 Å². The first-order valence-corrected chi connectivity index (χ1v) is 10.3. The summed E-state index contributed by atoms with van der Waals surface area (Å²) in [6.45, 7) is 6.02. The Hall–Kier alpha value is -2.11. The Bertz CT molecular complexity index is 734. The molecule has 6 heteroatoms. The van der Waals surface area contributed by atoms with Crippen LogP contribution in [0.25, 0.3) is 0 Å². The van der Waals surface area contributed by atoms with Crippen molar-refractivity contribution >= 4 is 17.3 Å². The van der Waals surface area contributed by atoms with Crippen molar-refractivity contribution in [1.29, 1.82) is 0 Å². The van der Waals surface area contributed by atoms with Crippen LogP contribution < -0.4 is 4.90 Å². The molecule has 1 unspecified atom stereocenters. The number of nitrogens with zero attached hydrogens (tertiary/aromatic N) is 3. The third-order valence-corrected chi connectivity index (χ3v) is 6.46. The van der Waals surface area contributed by atoms with Crippen molar-refractivity contribution in [3.8, 4) is 0 Å². The van der Waals surface area contributed by atoms with Crippen LogP contribution in [0.15, 0.2) is 18.2 Å². The average molecular weight is 371 g/mol. The minimum Gasteiger partial charge on any atom is -0.366 e. The van der Waals surface area contributed by atoms with Crippen LogP contribution in [0.1, 0.15) is 62.7 Å². The smallest absolute Gasteiger partial charge is 0.293 e. The van der Waals surface area contributed by atoms with E-state index in [9.17, 15) is 14.9 Å². The number of carbonyl (C=O) groups excluding carboxylic acids is 1. The number of nitro groups is 1. The van der Waals surface area contributed by atoms with Gasteiger partial charge in [0.1, 0.15) is 5.69 Å². The Balaban J connectivity index is 1.60. The van der Waals surface area contributed by atoms with Gasteiger partial charge in [-0.25, -0.2) is 0 Å². The van der Waals surface area contributed by atoms with Crippen LogP contribution in [-0.4, -0.2) is 40.9 Å². The quantitative estimate of drug-likeness (QED) is 0.554. The Labute approximate surface area is 160 Å². The van der Waals surface area contributed by atoms with E-state index in [1.54, 1.807) is 12.1 Å². The minimum absolute atomic E-state index is 0.0428. The van der Waals surface area contributed by atoms with Gasteiger partial charge in [-0.2, -0.15) is 0 Å². The molecule has 27 heavy (non-hydrogen) atoms. The van der Waals surface area contributed by atoms with Crippen LogP contribution in [0.5, 0.6) is 0 Å². The van der Waals surface area contributed by atoms with E-state index in [0.717, 1.165) is 38.8 Å². The van der Waals surface area contributed by atoms with Gasteiger partial charge < -0.3 is 9.80 Å². The zero-order chi connectivity index (χ0) is 19.1. The lowest BCUT2D eigenvalue weighted by Gasteiger charge is -2.32. The zero-order valence-electron chi connectivity index (χ0n) is 16.3. The summed E-state index contributed by atoms with van der Waals surface area (Å²) < 4.78 is 0. The van der Waals surface area contributed by atoms with E-state index in [1.165, 1.54) is 18.9 Å². The van der Waals surface area contributed by atoms with E-state index in [2.05, 4.69) is 18.7 Å². The van der Waals surface area contributed by atoms with Crippen LogP contribution in [0.2, 0.25) is 0 Å². The van der Waals surface area contributed by atoms with Gasteiger partial charge in [0.2, 0.25) is 0 Å². The molecule has 2 saturated carbocycles. The molecule has 1 atom stereocenters. The molecule has 0 radical (unpaired) electrons. The van der Waals surface area contributed by atoms with Crippen LogP contribution in [0, 0.1) is 22.0 Å². The molecule has 4 rings (SSSR count). The number of piperidine rings is 1. The molecule has 0 bridgehead atoms. The number of rotatable bonds is 6. The lowest BCUT2D eigenvalue weighted by atomic mass is 9.98. The molecule has 6 nitrogen and oxygen atoms in total. The highest BCUT2D eigenvalue weighted by Crippen LogP contribution is 2.41. The van der Waals surface area contributed by atoms with Gasteiger partial charge in [0, 0.05) is 36.8 Å². The average Bonchev–Trinajstić information content (AvgIpc) is 3.55. The highest BCUT2D eigenvalue weighted by atomic mass is 16.6. The third-order valence-electron chi connectivity index (χ3n) is 6.46. The largest absolute Gasteiger partial charge is 0.366 e. The maximum Gasteiger partial charge on any atom is 0.293 e. The van der Waals surface area contributed by atoms with Crippen LogP contribution in [0.3, 0.4) is 0 Å². The van der Waals surface area contributed by atoms with Gasteiger partial charge in [-0.3, -0.25) is 14.9 Å². The first-order chi connectivity index (χ1) is 13.0.